The van der Waals surface area contributed by atoms with Crippen LogP contribution in [0.15, 0.2) is 48.5 Å². The molecule has 4 rings (SSSR count). The van der Waals surface area contributed by atoms with Crippen LogP contribution in [0.3, 0.4) is 0 Å². The number of amides is 1. The highest BCUT2D eigenvalue weighted by molar-refractivity contribution is 6.31. The average molecular weight is 399 g/mol. The third kappa shape index (κ3) is 4.61. The number of hydrogen-bond donors (Lipinski definition) is 1. The van der Waals surface area contributed by atoms with Crippen molar-refractivity contribution in [1.29, 1.82) is 0 Å². The molecule has 4 nitrogen and oxygen atoms in total. The van der Waals surface area contributed by atoms with Crippen LogP contribution in [0.2, 0.25) is 5.02 Å². The van der Waals surface area contributed by atoms with Gasteiger partial charge in [-0.15, -0.1) is 0 Å². The Kier molecular flexibility index (Phi) is 6.06. The molecular weight excluding hydrogens is 372 g/mol. The molecule has 1 aliphatic heterocycles. The van der Waals surface area contributed by atoms with Gasteiger partial charge in [-0.1, -0.05) is 61.2 Å². The summed E-state index contributed by atoms with van der Waals surface area (Å²) in [5.41, 5.74) is 2.16. The third-order valence-electron chi connectivity index (χ3n) is 5.69. The van der Waals surface area contributed by atoms with Gasteiger partial charge in [0.25, 0.3) is 0 Å². The number of anilines is 1. The first-order chi connectivity index (χ1) is 13.7. The van der Waals surface area contributed by atoms with Crippen LogP contribution in [-0.2, 0) is 11.3 Å². The lowest BCUT2D eigenvalue weighted by molar-refractivity contribution is -0.122. The predicted octanol–water partition coefficient (Wildman–Crippen LogP) is 4.95. The number of halogens is 1. The first kappa shape index (κ1) is 19.1. The number of fused-ring (bicyclic) bond motifs is 1. The first-order valence-corrected chi connectivity index (χ1v) is 10.6. The highest BCUT2D eigenvalue weighted by Gasteiger charge is 2.30. The molecule has 28 heavy (non-hydrogen) atoms. The summed E-state index contributed by atoms with van der Waals surface area (Å²) in [5, 5.41) is 3.91. The minimum Gasteiger partial charge on any atom is -0.489 e. The van der Waals surface area contributed by atoms with Crippen molar-refractivity contribution in [3.63, 3.8) is 0 Å². The van der Waals surface area contributed by atoms with E-state index in [-0.39, 0.29) is 11.9 Å². The Labute approximate surface area is 171 Å². The molecule has 1 aliphatic carbocycles. The van der Waals surface area contributed by atoms with Crippen LogP contribution in [0, 0.1) is 0 Å². The molecule has 0 aromatic heterocycles. The number of rotatable bonds is 5. The van der Waals surface area contributed by atoms with E-state index in [1.807, 2.05) is 36.4 Å². The average Bonchev–Trinajstić information content (AvgIpc) is 2.71. The fourth-order valence-corrected chi connectivity index (χ4v) is 4.39. The second kappa shape index (κ2) is 8.87. The Morgan fingerprint density at radius 2 is 1.89 bits per heavy atom. The maximum Gasteiger partial charge on any atom is 0.222 e. The quantitative estimate of drug-likeness (QED) is 0.775. The molecule has 0 saturated heterocycles. The molecule has 5 heteroatoms. The van der Waals surface area contributed by atoms with Gasteiger partial charge < -0.3 is 15.0 Å². The van der Waals surface area contributed by atoms with Gasteiger partial charge in [0.05, 0.1) is 18.2 Å². The number of ether oxygens (including phenoxy) is 1. The van der Waals surface area contributed by atoms with E-state index in [0.717, 1.165) is 30.8 Å². The van der Waals surface area contributed by atoms with Crippen LogP contribution in [-0.4, -0.2) is 24.6 Å². The van der Waals surface area contributed by atoms with E-state index in [4.69, 9.17) is 16.3 Å². The van der Waals surface area contributed by atoms with Crippen LogP contribution in [0.4, 0.5) is 5.69 Å². The van der Waals surface area contributed by atoms with E-state index < -0.39 is 0 Å². The highest BCUT2D eigenvalue weighted by atomic mass is 35.5. The molecule has 1 amide bonds. The molecule has 0 bridgehead atoms. The van der Waals surface area contributed by atoms with Crippen LogP contribution >= 0.6 is 11.6 Å². The van der Waals surface area contributed by atoms with E-state index in [0.29, 0.717) is 24.1 Å². The Morgan fingerprint density at radius 3 is 2.68 bits per heavy atom. The predicted molar refractivity (Wildman–Crippen MR) is 113 cm³/mol. The Balaban J connectivity index is 1.51. The number of nitrogens with zero attached hydrogens (tertiary/aromatic N) is 1. The SMILES string of the molecule is O=C(C[C@H]1COc2ccc(Cl)cc2N1Cc1ccccc1)NC1CCCCC1. The normalized spacial score (nSPS) is 19.6. The zero-order valence-electron chi connectivity index (χ0n) is 16.1. The Bertz CT molecular complexity index is 806. The summed E-state index contributed by atoms with van der Waals surface area (Å²) in [6.07, 6.45) is 6.33. The molecule has 1 saturated carbocycles. The van der Waals surface area contributed by atoms with Crippen LogP contribution in [0.1, 0.15) is 44.1 Å². The van der Waals surface area contributed by atoms with Gasteiger partial charge in [0.2, 0.25) is 5.91 Å². The fourth-order valence-electron chi connectivity index (χ4n) is 4.22. The molecule has 1 heterocycles. The Morgan fingerprint density at radius 1 is 1.11 bits per heavy atom. The van der Waals surface area contributed by atoms with Gasteiger partial charge in [-0.2, -0.15) is 0 Å². The molecule has 1 atom stereocenters. The molecule has 0 radical (unpaired) electrons. The lowest BCUT2D eigenvalue weighted by atomic mass is 9.95. The van der Waals surface area contributed by atoms with E-state index in [1.165, 1.54) is 24.8 Å². The molecule has 2 aromatic rings. The summed E-state index contributed by atoms with van der Waals surface area (Å²) in [6.45, 7) is 1.22. The largest absolute Gasteiger partial charge is 0.489 e. The number of carbonyl (C=O) groups is 1. The second-order valence-electron chi connectivity index (χ2n) is 7.80. The fraction of sp³-hybridized carbons (Fsp3) is 0.435. The number of benzene rings is 2. The smallest absolute Gasteiger partial charge is 0.222 e. The number of carbonyl (C=O) groups excluding carboxylic acids is 1. The minimum absolute atomic E-state index is 0.0187. The lowest BCUT2D eigenvalue weighted by Gasteiger charge is -2.39. The van der Waals surface area contributed by atoms with Crippen LogP contribution < -0.4 is 15.0 Å². The number of hydrogen-bond acceptors (Lipinski definition) is 3. The van der Waals surface area contributed by atoms with Crippen molar-refractivity contribution in [1.82, 2.24) is 5.32 Å². The van der Waals surface area contributed by atoms with Gasteiger partial charge in [0.15, 0.2) is 0 Å². The topological polar surface area (TPSA) is 41.6 Å². The van der Waals surface area contributed by atoms with Gasteiger partial charge in [0, 0.05) is 17.6 Å². The molecule has 148 valence electrons. The summed E-state index contributed by atoms with van der Waals surface area (Å²) >= 11 is 6.27. The highest BCUT2D eigenvalue weighted by Crippen LogP contribution is 2.37. The van der Waals surface area contributed by atoms with E-state index in [2.05, 4.69) is 22.3 Å². The standard InChI is InChI=1S/C23H27ClN2O2/c24-18-11-12-22-21(13-18)26(15-17-7-3-1-4-8-17)20(16-28-22)14-23(27)25-19-9-5-2-6-10-19/h1,3-4,7-8,11-13,19-20H,2,5-6,9-10,14-16H2,(H,25,27)/t20-/m0/s1. The molecule has 1 N–H and O–H groups in total. The number of nitrogens with one attached hydrogen (secondary N) is 1. The van der Waals surface area contributed by atoms with E-state index in [9.17, 15) is 4.79 Å². The first-order valence-electron chi connectivity index (χ1n) is 10.2. The van der Waals surface area contributed by atoms with Crippen molar-refractivity contribution in [3.8, 4) is 5.75 Å². The summed E-state index contributed by atoms with van der Waals surface area (Å²) in [4.78, 5) is 15.0. The van der Waals surface area contributed by atoms with Crippen molar-refractivity contribution >= 4 is 23.2 Å². The summed E-state index contributed by atoms with van der Waals surface area (Å²) in [6, 6.07) is 16.3. The lowest BCUT2D eigenvalue weighted by Crippen LogP contribution is -2.47. The maximum atomic E-state index is 12.7. The van der Waals surface area contributed by atoms with E-state index in [1.54, 1.807) is 0 Å². The minimum atomic E-state index is -0.0187. The van der Waals surface area contributed by atoms with Crippen molar-refractivity contribution < 1.29 is 9.53 Å². The molecule has 0 spiro atoms. The van der Waals surface area contributed by atoms with Gasteiger partial charge >= 0.3 is 0 Å². The van der Waals surface area contributed by atoms with Crippen LogP contribution in [0.5, 0.6) is 5.75 Å². The molecule has 2 aromatic carbocycles. The second-order valence-corrected chi connectivity index (χ2v) is 8.23. The Hall–Kier alpha value is -2.20. The van der Waals surface area contributed by atoms with Crippen molar-refractivity contribution in [2.75, 3.05) is 11.5 Å². The molecule has 2 aliphatic rings. The molecule has 1 fully saturated rings. The van der Waals surface area contributed by atoms with Gasteiger partial charge in [-0.05, 0) is 36.6 Å². The van der Waals surface area contributed by atoms with Crippen LogP contribution in [0.25, 0.3) is 0 Å². The van der Waals surface area contributed by atoms with Gasteiger partial charge in [-0.3, -0.25) is 4.79 Å². The summed E-state index contributed by atoms with van der Waals surface area (Å²) in [7, 11) is 0. The molecular formula is C23H27ClN2O2. The van der Waals surface area contributed by atoms with E-state index >= 15 is 0 Å². The van der Waals surface area contributed by atoms with Gasteiger partial charge in [-0.25, -0.2) is 0 Å². The third-order valence-corrected chi connectivity index (χ3v) is 5.92. The maximum absolute atomic E-state index is 12.7. The summed E-state index contributed by atoms with van der Waals surface area (Å²) < 4.78 is 5.97. The van der Waals surface area contributed by atoms with Crippen molar-refractivity contribution in [3.05, 3.63) is 59.1 Å². The summed E-state index contributed by atoms with van der Waals surface area (Å²) in [5.74, 6) is 0.938. The zero-order valence-corrected chi connectivity index (χ0v) is 16.8. The van der Waals surface area contributed by atoms with Crippen molar-refractivity contribution in [2.24, 2.45) is 0 Å². The van der Waals surface area contributed by atoms with Crippen molar-refractivity contribution in [2.45, 2.75) is 57.2 Å². The van der Waals surface area contributed by atoms with Gasteiger partial charge in [0.1, 0.15) is 12.4 Å². The molecule has 0 unspecified atom stereocenters. The zero-order chi connectivity index (χ0) is 19.3. The monoisotopic (exact) mass is 398 g/mol.